The van der Waals surface area contributed by atoms with Crippen LogP contribution in [-0.4, -0.2) is 17.7 Å². The second-order valence-corrected chi connectivity index (χ2v) is 5.68. The number of hydrogen-bond acceptors (Lipinski definition) is 2. The van der Waals surface area contributed by atoms with Crippen molar-refractivity contribution in [2.24, 2.45) is 11.8 Å². The molecule has 98 valence electrons. The highest BCUT2D eigenvalue weighted by molar-refractivity contribution is 5.18. The summed E-state index contributed by atoms with van der Waals surface area (Å²) in [5.41, 5.74) is 0.786. The van der Waals surface area contributed by atoms with Gasteiger partial charge in [0.05, 0.1) is 6.10 Å². The van der Waals surface area contributed by atoms with E-state index in [1.54, 1.807) is 12.1 Å². The van der Waals surface area contributed by atoms with Crippen LogP contribution in [0.15, 0.2) is 24.3 Å². The number of rotatable bonds is 6. The number of hydrogen-bond donors (Lipinski definition) is 2. The van der Waals surface area contributed by atoms with Crippen LogP contribution in [0.5, 0.6) is 0 Å². The molecule has 0 bridgehead atoms. The van der Waals surface area contributed by atoms with Gasteiger partial charge in [-0.3, -0.25) is 0 Å². The lowest BCUT2D eigenvalue weighted by Gasteiger charge is -2.20. The van der Waals surface area contributed by atoms with Gasteiger partial charge in [-0.05, 0) is 55.2 Å². The summed E-state index contributed by atoms with van der Waals surface area (Å²) in [7, 11) is 0. The number of aliphatic hydroxyl groups excluding tert-OH is 1. The maximum absolute atomic E-state index is 12.8. The summed E-state index contributed by atoms with van der Waals surface area (Å²) in [6, 6.07) is 6.71. The molecule has 0 spiro atoms. The smallest absolute Gasteiger partial charge is 0.123 e. The van der Waals surface area contributed by atoms with E-state index in [-0.39, 0.29) is 5.82 Å². The van der Waals surface area contributed by atoms with Gasteiger partial charge in [-0.15, -0.1) is 0 Å². The van der Waals surface area contributed by atoms with Crippen molar-refractivity contribution in [1.82, 2.24) is 5.32 Å². The lowest BCUT2D eigenvalue weighted by molar-refractivity contribution is 0.165. The fourth-order valence-corrected chi connectivity index (χ4v) is 2.68. The van der Waals surface area contributed by atoms with Crippen molar-refractivity contribution in [3.05, 3.63) is 35.6 Å². The van der Waals surface area contributed by atoms with Gasteiger partial charge in [0.15, 0.2) is 0 Å². The second-order valence-electron chi connectivity index (χ2n) is 5.68. The lowest BCUT2D eigenvalue weighted by atomic mass is 10.1. The van der Waals surface area contributed by atoms with Crippen molar-refractivity contribution in [3.8, 4) is 0 Å². The predicted octanol–water partition coefficient (Wildman–Crippen LogP) is 2.64. The molecule has 0 heterocycles. The predicted molar refractivity (Wildman–Crippen MR) is 68.6 cm³/mol. The van der Waals surface area contributed by atoms with Crippen LogP contribution < -0.4 is 5.32 Å². The Kier molecular flexibility index (Phi) is 3.35. The van der Waals surface area contributed by atoms with Gasteiger partial charge in [0.1, 0.15) is 5.82 Å². The summed E-state index contributed by atoms with van der Waals surface area (Å²) in [5.74, 6) is 1.41. The maximum Gasteiger partial charge on any atom is 0.123 e. The molecular weight excluding hydrogens is 229 g/mol. The Morgan fingerprint density at radius 1 is 1.11 bits per heavy atom. The molecule has 0 aromatic heterocycles. The lowest BCUT2D eigenvalue weighted by Crippen LogP contribution is -2.36. The Morgan fingerprint density at radius 3 is 2.17 bits per heavy atom. The molecule has 1 atom stereocenters. The normalized spacial score (nSPS) is 21.3. The standard InChI is InChI=1S/C15H20FNO/c16-13-7-5-10(6-8-13)14(18)9-17-15(11-1-2-11)12-3-4-12/h5-8,11-12,14-15,17-18H,1-4,9H2. The van der Waals surface area contributed by atoms with Crippen molar-refractivity contribution in [2.75, 3.05) is 6.54 Å². The van der Waals surface area contributed by atoms with Gasteiger partial charge in [-0.2, -0.15) is 0 Å². The molecule has 1 aromatic rings. The van der Waals surface area contributed by atoms with Crippen LogP contribution in [0.2, 0.25) is 0 Å². The van der Waals surface area contributed by atoms with Gasteiger partial charge < -0.3 is 10.4 Å². The largest absolute Gasteiger partial charge is 0.387 e. The molecular formula is C15H20FNO. The summed E-state index contributed by atoms with van der Waals surface area (Å²) in [5, 5.41) is 13.6. The Hall–Kier alpha value is -0.930. The molecule has 0 aliphatic heterocycles. The van der Waals surface area contributed by atoms with E-state index >= 15 is 0 Å². The van der Waals surface area contributed by atoms with Crippen LogP contribution in [0.1, 0.15) is 37.4 Å². The molecule has 2 saturated carbocycles. The van der Waals surface area contributed by atoms with Crippen molar-refractivity contribution in [2.45, 2.75) is 37.8 Å². The van der Waals surface area contributed by atoms with Gasteiger partial charge in [0, 0.05) is 12.6 Å². The number of benzene rings is 1. The van der Waals surface area contributed by atoms with E-state index in [2.05, 4.69) is 5.32 Å². The first-order valence-corrected chi connectivity index (χ1v) is 6.91. The van der Waals surface area contributed by atoms with Crippen molar-refractivity contribution >= 4 is 0 Å². The molecule has 1 aromatic carbocycles. The van der Waals surface area contributed by atoms with E-state index in [1.807, 2.05) is 0 Å². The van der Waals surface area contributed by atoms with Gasteiger partial charge in [-0.25, -0.2) is 4.39 Å². The third-order valence-electron chi connectivity index (χ3n) is 4.06. The maximum atomic E-state index is 12.8. The molecule has 18 heavy (non-hydrogen) atoms. The van der Waals surface area contributed by atoms with E-state index in [1.165, 1.54) is 37.8 Å². The van der Waals surface area contributed by atoms with E-state index in [4.69, 9.17) is 0 Å². The zero-order valence-electron chi connectivity index (χ0n) is 10.5. The Bertz CT molecular complexity index is 385. The third kappa shape index (κ3) is 2.90. The molecule has 0 radical (unpaired) electrons. The first-order valence-electron chi connectivity index (χ1n) is 6.91. The quantitative estimate of drug-likeness (QED) is 0.812. The summed E-state index contributed by atoms with van der Waals surface area (Å²) in [6.07, 6.45) is 4.80. The van der Waals surface area contributed by atoms with Crippen LogP contribution in [-0.2, 0) is 0 Å². The minimum atomic E-state index is -0.536. The van der Waals surface area contributed by atoms with Crippen LogP contribution >= 0.6 is 0 Å². The van der Waals surface area contributed by atoms with Gasteiger partial charge >= 0.3 is 0 Å². The highest BCUT2D eigenvalue weighted by Crippen LogP contribution is 2.44. The Labute approximate surface area is 107 Å². The molecule has 2 aliphatic carbocycles. The number of halogens is 1. The molecule has 2 N–H and O–H groups in total. The molecule has 2 nitrogen and oxygen atoms in total. The Balaban J connectivity index is 1.53. The first kappa shape index (κ1) is 12.1. The molecule has 2 aliphatic rings. The zero-order valence-corrected chi connectivity index (χ0v) is 10.5. The summed E-state index contributed by atoms with van der Waals surface area (Å²) in [6.45, 7) is 0.573. The summed E-state index contributed by atoms with van der Waals surface area (Å²) < 4.78 is 12.8. The van der Waals surface area contributed by atoms with Gasteiger partial charge in [0.25, 0.3) is 0 Å². The van der Waals surface area contributed by atoms with Gasteiger partial charge in [0.2, 0.25) is 0 Å². The summed E-state index contributed by atoms with van der Waals surface area (Å²) >= 11 is 0. The van der Waals surface area contributed by atoms with E-state index in [0.29, 0.717) is 12.6 Å². The van der Waals surface area contributed by atoms with E-state index in [0.717, 1.165) is 17.4 Å². The molecule has 1 unspecified atom stereocenters. The average Bonchev–Trinajstić information content (AvgIpc) is 3.24. The minimum absolute atomic E-state index is 0.257. The fourth-order valence-electron chi connectivity index (χ4n) is 2.68. The third-order valence-corrected chi connectivity index (χ3v) is 4.06. The van der Waals surface area contributed by atoms with Crippen molar-refractivity contribution in [3.63, 3.8) is 0 Å². The monoisotopic (exact) mass is 249 g/mol. The first-order chi connectivity index (χ1) is 8.74. The van der Waals surface area contributed by atoms with E-state index < -0.39 is 6.10 Å². The summed E-state index contributed by atoms with van der Waals surface area (Å²) in [4.78, 5) is 0. The molecule has 0 saturated heterocycles. The van der Waals surface area contributed by atoms with E-state index in [9.17, 15) is 9.50 Å². The van der Waals surface area contributed by atoms with Crippen LogP contribution in [0.25, 0.3) is 0 Å². The van der Waals surface area contributed by atoms with Crippen molar-refractivity contribution < 1.29 is 9.50 Å². The SMILES string of the molecule is OC(CNC(C1CC1)C1CC1)c1ccc(F)cc1. The molecule has 3 heteroatoms. The van der Waals surface area contributed by atoms with Crippen LogP contribution in [0.4, 0.5) is 4.39 Å². The topological polar surface area (TPSA) is 32.3 Å². The number of aliphatic hydroxyl groups is 1. The molecule has 3 rings (SSSR count). The molecule has 0 amide bonds. The zero-order chi connectivity index (χ0) is 12.5. The van der Waals surface area contributed by atoms with Crippen molar-refractivity contribution in [1.29, 1.82) is 0 Å². The highest BCUT2D eigenvalue weighted by atomic mass is 19.1. The van der Waals surface area contributed by atoms with Crippen LogP contribution in [0.3, 0.4) is 0 Å². The minimum Gasteiger partial charge on any atom is -0.387 e. The highest BCUT2D eigenvalue weighted by Gasteiger charge is 2.41. The fraction of sp³-hybridized carbons (Fsp3) is 0.600. The molecule has 2 fully saturated rings. The second kappa shape index (κ2) is 4.98. The van der Waals surface area contributed by atoms with Crippen LogP contribution in [0, 0.1) is 17.7 Å². The van der Waals surface area contributed by atoms with Gasteiger partial charge in [-0.1, -0.05) is 12.1 Å². The average molecular weight is 249 g/mol. The Morgan fingerprint density at radius 2 is 1.67 bits per heavy atom. The number of nitrogens with one attached hydrogen (secondary N) is 1.